The molecule has 0 saturated heterocycles. The zero-order valence-electron chi connectivity index (χ0n) is 32.8. The summed E-state index contributed by atoms with van der Waals surface area (Å²) in [4.78, 5) is 57.4. The molecule has 4 rings (SSSR count). The predicted octanol–water partition coefficient (Wildman–Crippen LogP) is 8.33. The lowest BCUT2D eigenvalue weighted by Gasteiger charge is -2.21. The fourth-order valence-corrected chi connectivity index (χ4v) is 5.27. The van der Waals surface area contributed by atoms with E-state index in [2.05, 4.69) is 78.6 Å². The number of nitrogens with zero attached hydrogens (tertiary/aromatic N) is 1. The molecule has 0 spiro atoms. The Labute approximate surface area is 335 Å². The van der Waals surface area contributed by atoms with E-state index in [1.807, 2.05) is 37.3 Å². The van der Waals surface area contributed by atoms with Crippen LogP contribution in [-0.2, 0) is 35.2 Å². The van der Waals surface area contributed by atoms with Crippen LogP contribution in [0.1, 0.15) is 87.4 Å². The molecule has 1 aliphatic rings. The molecule has 0 fully saturated rings. The Morgan fingerprint density at radius 3 is 2.05 bits per heavy atom. The van der Waals surface area contributed by atoms with E-state index in [0.29, 0.717) is 41.3 Å². The number of aliphatic carboxylic acids is 1. The smallest absolute Gasteiger partial charge is 0.300 e. The number of nitrogens with one attached hydrogen (secondary N) is 2. The number of ether oxygens (including phenoxy) is 1. The molecule has 0 aromatic heterocycles. The van der Waals surface area contributed by atoms with E-state index in [9.17, 15) is 19.2 Å². The number of Topliss-reactive ketones (excluding diaryl/α,β-unsaturated/α-hetero) is 1. The molecule has 13 heteroatoms. The lowest BCUT2D eigenvalue weighted by molar-refractivity contribution is -0.134. The van der Waals surface area contributed by atoms with Gasteiger partial charge in [0.05, 0.1) is 34.4 Å². The maximum absolute atomic E-state index is 12.4. The molecular formula is C42H55Cl2N3O8. The van der Waals surface area contributed by atoms with Gasteiger partial charge in [0.1, 0.15) is 12.2 Å². The Morgan fingerprint density at radius 2 is 1.55 bits per heavy atom. The first-order valence-electron chi connectivity index (χ1n) is 17.7. The first-order valence-corrected chi connectivity index (χ1v) is 18.5. The number of amides is 2. The van der Waals surface area contributed by atoms with Gasteiger partial charge in [-0.05, 0) is 61.6 Å². The summed E-state index contributed by atoms with van der Waals surface area (Å²) in [6, 6.07) is 23.5. The van der Waals surface area contributed by atoms with E-state index in [-0.39, 0.29) is 30.4 Å². The monoisotopic (exact) mass is 799 g/mol. The molecule has 3 aromatic rings. The number of carbonyl (C=O) groups is 5. The lowest BCUT2D eigenvalue weighted by atomic mass is 9.91. The Bertz CT molecular complexity index is 1660. The van der Waals surface area contributed by atoms with Gasteiger partial charge < -0.3 is 25.3 Å². The number of oxime groups is 1. The van der Waals surface area contributed by atoms with Crippen LogP contribution in [0.15, 0.2) is 84.0 Å². The Morgan fingerprint density at radius 1 is 0.964 bits per heavy atom. The molecule has 2 amide bonds. The topological polar surface area (TPSA) is 160 Å². The molecule has 1 atom stereocenters. The maximum Gasteiger partial charge on any atom is 0.300 e. The van der Waals surface area contributed by atoms with Crippen LogP contribution in [0.2, 0.25) is 10.0 Å². The van der Waals surface area contributed by atoms with Gasteiger partial charge in [0.25, 0.3) is 5.97 Å². The van der Waals surface area contributed by atoms with Crippen molar-refractivity contribution in [3.8, 4) is 0 Å². The molecule has 0 bridgehead atoms. The van der Waals surface area contributed by atoms with Gasteiger partial charge in [-0.3, -0.25) is 24.0 Å². The van der Waals surface area contributed by atoms with Gasteiger partial charge in [0, 0.05) is 33.3 Å². The Kier molecular flexibility index (Phi) is 26.9. The Balaban J connectivity index is 0.000000910. The average Bonchev–Trinajstić information content (AvgIpc) is 3.52. The number of halogens is 2. The number of rotatable bonds is 14. The van der Waals surface area contributed by atoms with Gasteiger partial charge in [-0.2, -0.15) is 0 Å². The molecule has 1 aliphatic heterocycles. The van der Waals surface area contributed by atoms with Crippen molar-refractivity contribution in [2.24, 2.45) is 5.16 Å². The number of benzene rings is 3. The maximum atomic E-state index is 12.4. The number of allylic oxidation sites excluding steroid dienone is 2. The van der Waals surface area contributed by atoms with Crippen molar-refractivity contribution >= 4 is 64.8 Å². The second-order valence-corrected chi connectivity index (χ2v) is 13.2. The summed E-state index contributed by atoms with van der Waals surface area (Å²) in [5.41, 5.74) is 5.78. The van der Waals surface area contributed by atoms with Crippen LogP contribution in [0.25, 0.3) is 5.57 Å². The molecule has 0 radical (unpaired) electrons. The van der Waals surface area contributed by atoms with Gasteiger partial charge in [-0.15, -0.1) is 0 Å². The highest BCUT2D eigenvalue weighted by Crippen LogP contribution is 2.28. The summed E-state index contributed by atoms with van der Waals surface area (Å²) in [7, 11) is 1.43. The third-order valence-electron chi connectivity index (χ3n) is 7.15. The highest BCUT2D eigenvalue weighted by atomic mass is 35.5. The molecule has 0 aliphatic carbocycles. The highest BCUT2D eigenvalue weighted by molar-refractivity contribution is 6.38. The van der Waals surface area contributed by atoms with Crippen LogP contribution >= 0.6 is 23.2 Å². The van der Waals surface area contributed by atoms with Gasteiger partial charge in [0.15, 0.2) is 12.1 Å². The third-order valence-corrected chi connectivity index (χ3v) is 7.81. The van der Waals surface area contributed by atoms with Crippen LogP contribution in [0.4, 0.5) is 0 Å². The molecule has 3 aromatic carbocycles. The van der Waals surface area contributed by atoms with Crippen LogP contribution in [-0.4, -0.2) is 73.6 Å². The molecule has 0 saturated carbocycles. The summed E-state index contributed by atoms with van der Waals surface area (Å²) in [5.74, 6) is -0.929. The number of methoxy groups -OCH3 is 1. The average molecular weight is 801 g/mol. The van der Waals surface area contributed by atoms with E-state index in [1.54, 1.807) is 18.2 Å². The number of carboxylic acids is 1. The first kappa shape index (κ1) is 50.2. The standard InChI is InChI=1S/C25H30N2O2.C7H4Cl2O.C5H9NO3.C3H8.C2H4O2/c1-4-21(23-13-9-8-10-19(23)2)14-15-24(28)26-18-22-17-25(3,29-27-22)16-20-11-6-5-7-12-20;8-6-2-1-3-7(9)5(6)4-10;1-9-3-5(8)2-6-4-7;1-3-2;1-2(3)4/h4-13H,14-18H2,1-3H3,(H,26,28);1-4H;4H,2-3H2,1H3,(H,6,7);3H2,1-2H3;1H3,(H,3,4)/b21-4-;;;;. The predicted molar refractivity (Wildman–Crippen MR) is 221 cm³/mol. The Hall–Kier alpha value is -4.84. The number of ketones is 1. The number of hydrogen-bond donors (Lipinski definition) is 3. The fraction of sp³-hybridized carbons (Fsp3) is 0.381. The normalized spacial score (nSPS) is 13.8. The molecular weight excluding hydrogens is 745 g/mol. The fourth-order valence-electron chi connectivity index (χ4n) is 4.78. The van der Waals surface area contributed by atoms with E-state index < -0.39 is 5.97 Å². The second kappa shape index (κ2) is 29.5. The summed E-state index contributed by atoms with van der Waals surface area (Å²) in [6.45, 7) is 12.1. The number of aldehydes is 1. The molecule has 3 N–H and O–H groups in total. The second-order valence-electron chi connectivity index (χ2n) is 12.4. The summed E-state index contributed by atoms with van der Waals surface area (Å²) < 4.78 is 4.50. The largest absolute Gasteiger partial charge is 0.481 e. The van der Waals surface area contributed by atoms with Crippen LogP contribution in [0, 0.1) is 6.92 Å². The van der Waals surface area contributed by atoms with Crippen molar-refractivity contribution in [1.82, 2.24) is 10.6 Å². The molecule has 1 heterocycles. The minimum absolute atomic E-state index is 0.0392. The van der Waals surface area contributed by atoms with Gasteiger partial charge in [-0.25, -0.2) is 0 Å². The van der Waals surface area contributed by atoms with Gasteiger partial charge in [0.2, 0.25) is 12.3 Å². The summed E-state index contributed by atoms with van der Waals surface area (Å²) in [5, 5.41) is 17.6. The van der Waals surface area contributed by atoms with Crippen molar-refractivity contribution in [2.75, 3.05) is 26.8 Å². The van der Waals surface area contributed by atoms with E-state index >= 15 is 0 Å². The number of carbonyl (C=O) groups excluding carboxylic acids is 4. The van der Waals surface area contributed by atoms with Gasteiger partial charge in [-0.1, -0.05) is 115 Å². The van der Waals surface area contributed by atoms with Crippen LogP contribution in [0.5, 0.6) is 0 Å². The minimum atomic E-state index is -0.833. The first-order chi connectivity index (χ1) is 26.2. The minimum Gasteiger partial charge on any atom is -0.481 e. The van der Waals surface area contributed by atoms with Crippen LogP contribution < -0.4 is 10.6 Å². The van der Waals surface area contributed by atoms with Crippen LogP contribution in [0.3, 0.4) is 0 Å². The molecule has 55 heavy (non-hydrogen) atoms. The molecule has 1 unspecified atom stereocenters. The van der Waals surface area contributed by atoms with E-state index in [1.165, 1.54) is 35.8 Å². The van der Waals surface area contributed by atoms with E-state index in [4.69, 9.17) is 37.9 Å². The number of hydrogen-bond acceptors (Lipinski definition) is 8. The number of carboxylic acid groups (broad SMARTS) is 1. The van der Waals surface area contributed by atoms with Gasteiger partial charge >= 0.3 is 0 Å². The molecule has 11 nitrogen and oxygen atoms in total. The highest BCUT2D eigenvalue weighted by Gasteiger charge is 2.34. The summed E-state index contributed by atoms with van der Waals surface area (Å²) in [6.07, 6.45) is 7.18. The SMILES string of the molecule is C/C=C(/CCC(=O)NCC1=NOC(C)(Cc2ccccc2)C1)c1ccccc1C.CC(=O)O.CCC.COCC(=O)CNC=O.O=Cc1c(Cl)cccc1Cl. The van der Waals surface area contributed by atoms with Crippen molar-refractivity contribution in [3.05, 3.63) is 111 Å². The number of aryl methyl sites for hydroxylation is 1. The molecule has 300 valence electrons. The summed E-state index contributed by atoms with van der Waals surface area (Å²) >= 11 is 11.2. The third kappa shape index (κ3) is 22.9. The van der Waals surface area contributed by atoms with Crippen molar-refractivity contribution in [3.63, 3.8) is 0 Å². The van der Waals surface area contributed by atoms with Crippen molar-refractivity contribution < 1.29 is 38.7 Å². The zero-order chi connectivity index (χ0) is 41.6. The quantitative estimate of drug-likeness (QED) is 0.137. The van der Waals surface area contributed by atoms with E-state index in [0.717, 1.165) is 31.9 Å². The van der Waals surface area contributed by atoms with Crippen molar-refractivity contribution in [1.29, 1.82) is 0 Å². The van der Waals surface area contributed by atoms with Crippen molar-refractivity contribution in [2.45, 2.75) is 79.2 Å². The zero-order valence-corrected chi connectivity index (χ0v) is 34.3. The lowest BCUT2D eigenvalue weighted by Crippen LogP contribution is -2.32.